The number of ether oxygens (including phenoxy) is 1. The summed E-state index contributed by atoms with van der Waals surface area (Å²) in [6, 6.07) is 14.1. The van der Waals surface area contributed by atoms with Crippen molar-refractivity contribution in [2.45, 2.75) is 25.4 Å². The van der Waals surface area contributed by atoms with Gasteiger partial charge in [-0.1, -0.05) is 18.2 Å². The number of pyridine rings is 1. The molecule has 1 aliphatic heterocycles. The number of aromatic nitrogens is 4. The molecular formula is C20H23N5O. The van der Waals surface area contributed by atoms with Crippen molar-refractivity contribution in [3.8, 4) is 17.0 Å². The second-order valence-corrected chi connectivity index (χ2v) is 6.59. The summed E-state index contributed by atoms with van der Waals surface area (Å²) in [6.45, 7) is 2.78. The van der Waals surface area contributed by atoms with Crippen molar-refractivity contribution in [3.05, 3.63) is 60.6 Å². The Morgan fingerprint density at radius 2 is 1.88 bits per heavy atom. The molecule has 3 heterocycles. The molecule has 0 amide bonds. The molecule has 0 atom stereocenters. The van der Waals surface area contributed by atoms with Crippen LogP contribution in [0.3, 0.4) is 0 Å². The van der Waals surface area contributed by atoms with Gasteiger partial charge in [0.15, 0.2) is 0 Å². The molecule has 0 bridgehead atoms. The summed E-state index contributed by atoms with van der Waals surface area (Å²) in [6.07, 6.45) is 5.93. The van der Waals surface area contributed by atoms with Gasteiger partial charge < -0.3 is 4.74 Å². The zero-order chi connectivity index (χ0) is 17.8. The maximum Gasteiger partial charge on any atom is 0.128 e. The summed E-state index contributed by atoms with van der Waals surface area (Å²) in [5.41, 5.74) is 3.02. The number of rotatable bonds is 5. The van der Waals surface area contributed by atoms with Crippen LogP contribution < -0.4 is 4.74 Å². The molecule has 0 radical (unpaired) electrons. The number of piperidine rings is 1. The lowest BCUT2D eigenvalue weighted by Gasteiger charge is -2.31. The van der Waals surface area contributed by atoms with Crippen LogP contribution in [0.2, 0.25) is 0 Å². The Labute approximate surface area is 153 Å². The first kappa shape index (κ1) is 16.7. The van der Waals surface area contributed by atoms with Gasteiger partial charge in [-0.3, -0.25) is 9.88 Å². The molecule has 1 aromatic carbocycles. The van der Waals surface area contributed by atoms with Gasteiger partial charge in [-0.15, -0.1) is 0 Å². The molecule has 0 saturated carbocycles. The summed E-state index contributed by atoms with van der Waals surface area (Å²) in [7, 11) is 1.68. The van der Waals surface area contributed by atoms with Crippen LogP contribution >= 0.6 is 0 Å². The third kappa shape index (κ3) is 3.60. The number of nitrogens with zero attached hydrogens (tertiary/aromatic N) is 5. The Morgan fingerprint density at radius 3 is 2.65 bits per heavy atom. The zero-order valence-corrected chi connectivity index (χ0v) is 15.0. The summed E-state index contributed by atoms with van der Waals surface area (Å²) in [5, 5.41) is 9.07. The van der Waals surface area contributed by atoms with Crippen LogP contribution in [0.1, 0.15) is 24.5 Å². The topological polar surface area (TPSA) is 56.1 Å². The highest BCUT2D eigenvalue weighted by atomic mass is 16.5. The monoisotopic (exact) mass is 349 g/mol. The first-order chi connectivity index (χ1) is 12.8. The molecule has 0 N–H and O–H groups in total. The van der Waals surface area contributed by atoms with Crippen LogP contribution in [0.25, 0.3) is 11.3 Å². The van der Waals surface area contributed by atoms with E-state index in [2.05, 4.69) is 32.2 Å². The second kappa shape index (κ2) is 7.66. The largest absolute Gasteiger partial charge is 0.496 e. The van der Waals surface area contributed by atoms with Crippen molar-refractivity contribution < 1.29 is 4.74 Å². The van der Waals surface area contributed by atoms with Crippen molar-refractivity contribution >= 4 is 0 Å². The minimum atomic E-state index is 0.558. The van der Waals surface area contributed by atoms with Crippen LogP contribution in [0.5, 0.6) is 5.75 Å². The van der Waals surface area contributed by atoms with E-state index in [-0.39, 0.29) is 0 Å². The normalized spacial score (nSPS) is 15.9. The highest BCUT2D eigenvalue weighted by molar-refractivity contribution is 5.65. The lowest BCUT2D eigenvalue weighted by molar-refractivity contribution is 0.151. The molecular weight excluding hydrogens is 326 g/mol. The summed E-state index contributed by atoms with van der Waals surface area (Å²) < 4.78 is 5.42. The van der Waals surface area contributed by atoms with Crippen molar-refractivity contribution in [3.63, 3.8) is 0 Å². The number of hydrogen-bond acceptors (Lipinski definition) is 5. The molecule has 6 nitrogen and oxygen atoms in total. The van der Waals surface area contributed by atoms with E-state index in [9.17, 15) is 0 Å². The van der Waals surface area contributed by atoms with Crippen LogP contribution in [-0.2, 0) is 6.67 Å². The maximum atomic E-state index is 5.42. The summed E-state index contributed by atoms with van der Waals surface area (Å²) in [4.78, 5) is 8.67. The average Bonchev–Trinajstić information content (AvgIpc) is 3.17. The van der Waals surface area contributed by atoms with Gasteiger partial charge >= 0.3 is 0 Å². The van der Waals surface area contributed by atoms with Crippen LogP contribution in [-0.4, -0.2) is 45.1 Å². The Morgan fingerprint density at radius 1 is 1.08 bits per heavy atom. The predicted molar refractivity (Wildman–Crippen MR) is 99.8 cm³/mol. The molecule has 2 aromatic heterocycles. The number of methoxy groups -OCH3 is 1. The zero-order valence-electron chi connectivity index (χ0n) is 15.0. The van der Waals surface area contributed by atoms with Gasteiger partial charge in [-0.2, -0.15) is 15.0 Å². The van der Waals surface area contributed by atoms with Crippen LogP contribution in [0.15, 0.2) is 54.9 Å². The highest BCUT2D eigenvalue weighted by Gasteiger charge is 2.22. The van der Waals surface area contributed by atoms with E-state index in [1.807, 2.05) is 36.5 Å². The molecule has 1 fully saturated rings. The van der Waals surface area contributed by atoms with E-state index in [1.54, 1.807) is 18.1 Å². The van der Waals surface area contributed by atoms with Crippen LogP contribution in [0, 0.1) is 0 Å². The maximum absolute atomic E-state index is 5.42. The van der Waals surface area contributed by atoms with Gasteiger partial charge in [0.2, 0.25) is 0 Å². The molecule has 1 aliphatic rings. The van der Waals surface area contributed by atoms with Crippen LogP contribution in [0.4, 0.5) is 0 Å². The van der Waals surface area contributed by atoms with E-state index in [1.165, 1.54) is 5.69 Å². The van der Waals surface area contributed by atoms with Gasteiger partial charge in [0, 0.05) is 36.5 Å². The van der Waals surface area contributed by atoms with E-state index in [0.29, 0.717) is 12.6 Å². The number of benzene rings is 1. The van der Waals surface area contributed by atoms with Gasteiger partial charge in [0.1, 0.15) is 18.1 Å². The number of hydrogen-bond donors (Lipinski definition) is 0. The summed E-state index contributed by atoms with van der Waals surface area (Å²) >= 11 is 0. The predicted octanol–water partition coefficient (Wildman–Crippen LogP) is 3.19. The third-order valence-electron chi connectivity index (χ3n) is 4.94. The molecule has 134 valence electrons. The smallest absolute Gasteiger partial charge is 0.128 e. The Balaban J connectivity index is 1.38. The standard InChI is InChI=1S/C20H23N5O/c1-26-20-8-3-2-6-17(20)19-14-22-25(23-19)15-24-12-9-16(10-13-24)18-7-4-5-11-21-18/h2-8,11,14,16H,9-10,12-13,15H2,1H3. The fourth-order valence-corrected chi connectivity index (χ4v) is 3.51. The quantitative estimate of drug-likeness (QED) is 0.708. The van der Waals surface area contributed by atoms with Gasteiger partial charge in [0.05, 0.1) is 13.3 Å². The molecule has 6 heteroatoms. The van der Waals surface area contributed by atoms with E-state index in [0.717, 1.165) is 42.9 Å². The summed E-state index contributed by atoms with van der Waals surface area (Å²) in [5.74, 6) is 1.37. The molecule has 26 heavy (non-hydrogen) atoms. The van der Waals surface area contributed by atoms with E-state index in [4.69, 9.17) is 4.74 Å². The Hall–Kier alpha value is -2.73. The lowest BCUT2D eigenvalue weighted by atomic mass is 9.93. The Bertz CT molecular complexity index is 840. The van der Waals surface area contributed by atoms with Crippen molar-refractivity contribution in [2.24, 2.45) is 0 Å². The highest BCUT2D eigenvalue weighted by Crippen LogP contribution is 2.28. The van der Waals surface area contributed by atoms with Crippen molar-refractivity contribution in [1.29, 1.82) is 0 Å². The SMILES string of the molecule is COc1ccccc1-c1cnn(CN2CCC(c3ccccn3)CC2)n1. The molecule has 0 spiro atoms. The van der Waals surface area contributed by atoms with E-state index >= 15 is 0 Å². The second-order valence-electron chi connectivity index (χ2n) is 6.59. The lowest BCUT2D eigenvalue weighted by Crippen LogP contribution is -2.35. The number of para-hydroxylation sites is 1. The fraction of sp³-hybridized carbons (Fsp3) is 0.350. The average molecular weight is 349 g/mol. The van der Waals surface area contributed by atoms with Gasteiger partial charge in [0.25, 0.3) is 0 Å². The van der Waals surface area contributed by atoms with Gasteiger partial charge in [-0.25, -0.2) is 0 Å². The molecule has 4 rings (SSSR count). The Kier molecular flexibility index (Phi) is 4.93. The van der Waals surface area contributed by atoms with Crippen molar-refractivity contribution in [2.75, 3.05) is 20.2 Å². The third-order valence-corrected chi connectivity index (χ3v) is 4.94. The molecule has 0 aliphatic carbocycles. The van der Waals surface area contributed by atoms with E-state index < -0.39 is 0 Å². The van der Waals surface area contributed by atoms with Gasteiger partial charge in [-0.05, 0) is 37.1 Å². The fourth-order valence-electron chi connectivity index (χ4n) is 3.51. The van der Waals surface area contributed by atoms with Crippen molar-refractivity contribution in [1.82, 2.24) is 24.9 Å². The number of likely N-dealkylation sites (tertiary alicyclic amines) is 1. The molecule has 3 aromatic rings. The molecule has 1 saturated heterocycles. The minimum absolute atomic E-state index is 0.558. The minimum Gasteiger partial charge on any atom is -0.496 e. The first-order valence-electron chi connectivity index (χ1n) is 9.00. The first-order valence-corrected chi connectivity index (χ1v) is 9.00. The molecule has 0 unspecified atom stereocenters.